The zero-order valence-electron chi connectivity index (χ0n) is 12.3. The summed E-state index contributed by atoms with van der Waals surface area (Å²) in [6.07, 6.45) is 0. The predicted molar refractivity (Wildman–Crippen MR) is 81.9 cm³/mol. The van der Waals surface area contributed by atoms with Crippen molar-refractivity contribution in [3.8, 4) is 17.1 Å². The lowest BCUT2D eigenvalue weighted by Gasteiger charge is -2.03. The molecule has 0 radical (unpaired) electrons. The van der Waals surface area contributed by atoms with Gasteiger partial charge in [0.15, 0.2) is 12.4 Å². The molecule has 0 saturated heterocycles. The van der Waals surface area contributed by atoms with Gasteiger partial charge in [0.25, 0.3) is 5.89 Å². The fourth-order valence-electron chi connectivity index (χ4n) is 2.08. The van der Waals surface area contributed by atoms with Gasteiger partial charge in [0.2, 0.25) is 5.82 Å². The number of benzene rings is 2. The molecule has 0 aliphatic heterocycles. The van der Waals surface area contributed by atoms with Crippen LogP contribution in [0.15, 0.2) is 53.1 Å². The Hall–Kier alpha value is -3.22. The van der Waals surface area contributed by atoms with Crippen LogP contribution in [-0.4, -0.2) is 15.1 Å². The molecule has 0 spiro atoms. The molecule has 1 heterocycles. The molecule has 0 N–H and O–H groups in total. The Morgan fingerprint density at radius 1 is 1.22 bits per heavy atom. The maximum absolute atomic E-state index is 10.9. The van der Waals surface area contributed by atoms with Crippen molar-refractivity contribution in [3.05, 3.63) is 70.1 Å². The first-order chi connectivity index (χ1) is 11.1. The molecule has 3 aromatic rings. The molecule has 0 atom stereocenters. The molecule has 23 heavy (non-hydrogen) atoms. The van der Waals surface area contributed by atoms with E-state index in [1.807, 2.05) is 31.2 Å². The minimum absolute atomic E-state index is 0.0380. The maximum Gasteiger partial charge on any atom is 0.310 e. The Kier molecular flexibility index (Phi) is 4.01. The number of hydrogen-bond donors (Lipinski definition) is 0. The van der Waals surface area contributed by atoms with Gasteiger partial charge in [0, 0.05) is 11.6 Å². The summed E-state index contributed by atoms with van der Waals surface area (Å²) in [5.41, 5.74) is 1.82. The van der Waals surface area contributed by atoms with Crippen molar-refractivity contribution in [2.45, 2.75) is 13.5 Å². The van der Waals surface area contributed by atoms with Crippen LogP contribution in [0, 0.1) is 17.0 Å². The van der Waals surface area contributed by atoms with E-state index in [0.717, 1.165) is 11.1 Å². The zero-order valence-corrected chi connectivity index (χ0v) is 12.3. The highest BCUT2D eigenvalue weighted by Crippen LogP contribution is 2.26. The third kappa shape index (κ3) is 3.34. The highest BCUT2D eigenvalue weighted by atomic mass is 16.6. The first kappa shape index (κ1) is 14.7. The second kappa shape index (κ2) is 6.27. The Morgan fingerprint density at radius 3 is 2.83 bits per heavy atom. The molecule has 1 aromatic heterocycles. The van der Waals surface area contributed by atoms with Crippen molar-refractivity contribution in [2.75, 3.05) is 0 Å². The molecule has 2 aromatic carbocycles. The lowest BCUT2D eigenvalue weighted by Crippen LogP contribution is -1.99. The maximum atomic E-state index is 10.9. The fraction of sp³-hybridized carbons (Fsp3) is 0.125. The summed E-state index contributed by atoms with van der Waals surface area (Å²) in [5.74, 6) is 0.863. The lowest BCUT2D eigenvalue weighted by atomic mass is 10.1. The summed E-state index contributed by atoms with van der Waals surface area (Å²) >= 11 is 0. The van der Waals surface area contributed by atoms with Crippen LogP contribution >= 0.6 is 0 Å². The van der Waals surface area contributed by atoms with Gasteiger partial charge >= 0.3 is 5.69 Å². The lowest BCUT2D eigenvalue weighted by molar-refractivity contribution is -0.386. The Labute approximate surface area is 131 Å². The van der Waals surface area contributed by atoms with Gasteiger partial charge in [-0.1, -0.05) is 41.1 Å². The van der Waals surface area contributed by atoms with Crippen LogP contribution in [0.2, 0.25) is 0 Å². The molecule has 116 valence electrons. The van der Waals surface area contributed by atoms with Crippen LogP contribution in [0.25, 0.3) is 11.4 Å². The second-order valence-corrected chi connectivity index (χ2v) is 4.89. The summed E-state index contributed by atoms with van der Waals surface area (Å²) in [5, 5.41) is 14.8. The molecular weight excluding hydrogens is 298 g/mol. The molecule has 0 aliphatic rings. The van der Waals surface area contributed by atoms with Gasteiger partial charge in [-0.3, -0.25) is 10.1 Å². The van der Waals surface area contributed by atoms with Gasteiger partial charge in [0.05, 0.1) is 4.92 Å². The summed E-state index contributed by atoms with van der Waals surface area (Å²) in [6, 6.07) is 13.8. The molecule has 0 saturated carbocycles. The molecule has 0 aliphatic carbocycles. The van der Waals surface area contributed by atoms with Crippen LogP contribution in [-0.2, 0) is 6.61 Å². The number of ether oxygens (including phenoxy) is 1. The number of nitro benzene ring substituents is 1. The van der Waals surface area contributed by atoms with E-state index in [1.165, 1.54) is 12.1 Å². The van der Waals surface area contributed by atoms with Crippen molar-refractivity contribution < 1.29 is 14.2 Å². The van der Waals surface area contributed by atoms with E-state index in [0.29, 0.717) is 5.82 Å². The minimum atomic E-state index is -0.499. The summed E-state index contributed by atoms with van der Waals surface area (Å²) in [7, 11) is 0. The molecule has 0 fully saturated rings. The number of hydrogen-bond acceptors (Lipinski definition) is 6. The average Bonchev–Trinajstić information content (AvgIpc) is 3.02. The first-order valence-corrected chi connectivity index (χ1v) is 6.89. The predicted octanol–water partition coefficient (Wildman–Crippen LogP) is 3.53. The largest absolute Gasteiger partial charge is 0.477 e. The Bertz CT molecular complexity index is 845. The van der Waals surface area contributed by atoms with Crippen LogP contribution in [0.5, 0.6) is 5.75 Å². The van der Waals surface area contributed by atoms with Crippen molar-refractivity contribution in [1.82, 2.24) is 10.1 Å². The van der Waals surface area contributed by atoms with E-state index in [1.54, 1.807) is 12.1 Å². The van der Waals surface area contributed by atoms with Gasteiger partial charge in [-0.15, -0.1) is 0 Å². The Morgan fingerprint density at radius 2 is 2.04 bits per heavy atom. The summed E-state index contributed by atoms with van der Waals surface area (Å²) in [4.78, 5) is 14.7. The topological polar surface area (TPSA) is 91.3 Å². The minimum Gasteiger partial charge on any atom is -0.477 e. The third-order valence-corrected chi connectivity index (χ3v) is 3.16. The number of nitrogens with zero attached hydrogens (tertiary/aromatic N) is 3. The van der Waals surface area contributed by atoms with Crippen molar-refractivity contribution in [1.29, 1.82) is 0 Å². The quantitative estimate of drug-likeness (QED) is 0.528. The zero-order chi connectivity index (χ0) is 16.2. The van der Waals surface area contributed by atoms with Crippen LogP contribution < -0.4 is 4.74 Å². The molecule has 0 unspecified atom stereocenters. The van der Waals surface area contributed by atoms with Crippen molar-refractivity contribution >= 4 is 5.69 Å². The normalized spacial score (nSPS) is 10.5. The summed E-state index contributed by atoms with van der Waals surface area (Å²) < 4.78 is 10.5. The van der Waals surface area contributed by atoms with Gasteiger partial charge in [-0.05, 0) is 19.1 Å². The van der Waals surface area contributed by atoms with E-state index in [9.17, 15) is 10.1 Å². The van der Waals surface area contributed by atoms with Crippen molar-refractivity contribution in [2.24, 2.45) is 0 Å². The van der Waals surface area contributed by atoms with E-state index in [-0.39, 0.29) is 23.9 Å². The smallest absolute Gasteiger partial charge is 0.310 e. The van der Waals surface area contributed by atoms with Gasteiger partial charge in [0.1, 0.15) is 0 Å². The molecule has 7 nitrogen and oxygen atoms in total. The molecule has 0 amide bonds. The van der Waals surface area contributed by atoms with E-state index < -0.39 is 4.92 Å². The van der Waals surface area contributed by atoms with E-state index in [4.69, 9.17) is 9.26 Å². The van der Waals surface area contributed by atoms with Gasteiger partial charge < -0.3 is 9.26 Å². The third-order valence-electron chi connectivity index (χ3n) is 3.16. The van der Waals surface area contributed by atoms with Crippen LogP contribution in [0.1, 0.15) is 11.5 Å². The Balaban J connectivity index is 1.74. The molecular formula is C16H13N3O4. The fourth-order valence-corrected chi connectivity index (χ4v) is 2.08. The number of para-hydroxylation sites is 2. The second-order valence-electron chi connectivity index (χ2n) is 4.89. The standard InChI is InChI=1S/C16H13N3O4/c1-11-5-4-6-12(9-11)16-17-15(23-18-16)10-22-14-8-3-2-7-13(14)19(20)21/h2-9H,10H2,1H3. The monoisotopic (exact) mass is 311 g/mol. The molecule has 0 bridgehead atoms. The highest BCUT2D eigenvalue weighted by molar-refractivity contribution is 5.55. The number of rotatable bonds is 5. The summed E-state index contributed by atoms with van der Waals surface area (Å²) in [6.45, 7) is 1.94. The van der Waals surface area contributed by atoms with E-state index in [2.05, 4.69) is 10.1 Å². The SMILES string of the molecule is Cc1cccc(-c2noc(COc3ccccc3[N+](=O)[O-])n2)c1. The average molecular weight is 311 g/mol. The van der Waals surface area contributed by atoms with Crippen LogP contribution in [0.3, 0.4) is 0 Å². The first-order valence-electron chi connectivity index (χ1n) is 6.89. The molecule has 3 rings (SSSR count). The number of aromatic nitrogens is 2. The highest BCUT2D eigenvalue weighted by Gasteiger charge is 2.15. The van der Waals surface area contributed by atoms with Gasteiger partial charge in [-0.25, -0.2) is 0 Å². The number of aryl methyl sites for hydroxylation is 1. The molecule has 7 heteroatoms. The van der Waals surface area contributed by atoms with Gasteiger partial charge in [-0.2, -0.15) is 4.98 Å². The van der Waals surface area contributed by atoms with Crippen LogP contribution in [0.4, 0.5) is 5.69 Å². The number of nitro groups is 1. The van der Waals surface area contributed by atoms with Crippen molar-refractivity contribution in [3.63, 3.8) is 0 Å². The van der Waals surface area contributed by atoms with E-state index >= 15 is 0 Å².